The predicted octanol–water partition coefficient (Wildman–Crippen LogP) is 2.51. The van der Waals surface area contributed by atoms with Gasteiger partial charge in [0, 0.05) is 5.41 Å². The van der Waals surface area contributed by atoms with Crippen LogP contribution in [0.5, 0.6) is 0 Å². The first-order valence-electron chi connectivity index (χ1n) is 4.57. The Labute approximate surface area is 69.1 Å². The highest BCUT2D eigenvalue weighted by atomic mass is 16.3. The summed E-state index contributed by atoms with van der Waals surface area (Å²) in [6.45, 7) is 4.10. The summed E-state index contributed by atoms with van der Waals surface area (Å²) < 4.78 is 0. The van der Waals surface area contributed by atoms with Gasteiger partial charge in [-0.1, -0.05) is 31.8 Å². The van der Waals surface area contributed by atoms with E-state index in [0.29, 0.717) is 0 Å². The molecule has 0 saturated heterocycles. The highest BCUT2D eigenvalue weighted by Crippen LogP contribution is 2.35. The van der Waals surface area contributed by atoms with Crippen molar-refractivity contribution in [1.29, 1.82) is 0 Å². The summed E-state index contributed by atoms with van der Waals surface area (Å²) in [6.07, 6.45) is 9.39. The third-order valence-corrected chi connectivity index (χ3v) is 2.85. The van der Waals surface area contributed by atoms with E-state index in [1.807, 2.05) is 6.08 Å². The number of rotatable bonds is 2. The van der Waals surface area contributed by atoms with Crippen LogP contribution < -0.4 is 0 Å². The maximum atomic E-state index is 9.20. The van der Waals surface area contributed by atoms with Gasteiger partial charge >= 0.3 is 0 Å². The fourth-order valence-electron chi connectivity index (χ4n) is 1.86. The van der Waals surface area contributed by atoms with Gasteiger partial charge in [-0.05, 0) is 12.8 Å². The van der Waals surface area contributed by atoms with Crippen LogP contribution in [0.25, 0.3) is 0 Å². The number of hydrogen-bond acceptors (Lipinski definition) is 1. The SMILES string of the molecule is C=CC1(CO)CCCCCC1. The molecule has 0 radical (unpaired) electrons. The van der Waals surface area contributed by atoms with Crippen LogP contribution in [0, 0.1) is 5.41 Å². The van der Waals surface area contributed by atoms with E-state index in [1.165, 1.54) is 25.7 Å². The normalized spacial score (nSPS) is 24.1. The molecule has 0 aliphatic heterocycles. The van der Waals surface area contributed by atoms with E-state index in [2.05, 4.69) is 6.58 Å². The van der Waals surface area contributed by atoms with E-state index in [9.17, 15) is 5.11 Å². The number of aliphatic hydroxyl groups excluding tert-OH is 1. The van der Waals surface area contributed by atoms with Crippen LogP contribution in [0.4, 0.5) is 0 Å². The monoisotopic (exact) mass is 154 g/mol. The molecule has 0 unspecified atom stereocenters. The van der Waals surface area contributed by atoms with Crippen molar-refractivity contribution in [3.63, 3.8) is 0 Å². The molecule has 1 saturated carbocycles. The lowest BCUT2D eigenvalue weighted by Crippen LogP contribution is -2.21. The molecule has 0 aromatic heterocycles. The molecule has 0 bridgehead atoms. The Kier molecular flexibility index (Phi) is 3.13. The minimum absolute atomic E-state index is 0.0660. The zero-order chi connectivity index (χ0) is 8.16. The van der Waals surface area contributed by atoms with Crippen LogP contribution >= 0.6 is 0 Å². The Bertz CT molecular complexity index is 121. The Morgan fingerprint density at radius 2 is 1.73 bits per heavy atom. The molecule has 1 rings (SSSR count). The zero-order valence-corrected chi connectivity index (χ0v) is 7.18. The minimum Gasteiger partial charge on any atom is -0.395 e. The van der Waals surface area contributed by atoms with Crippen LogP contribution in [0.3, 0.4) is 0 Å². The average Bonchev–Trinajstić information content (AvgIpc) is 2.30. The molecule has 1 aliphatic rings. The molecule has 1 N–H and O–H groups in total. The predicted molar refractivity (Wildman–Crippen MR) is 47.4 cm³/mol. The maximum absolute atomic E-state index is 9.20. The van der Waals surface area contributed by atoms with Crippen molar-refractivity contribution >= 4 is 0 Å². The molecule has 1 aliphatic carbocycles. The Morgan fingerprint density at radius 1 is 1.18 bits per heavy atom. The maximum Gasteiger partial charge on any atom is 0.0521 e. The Morgan fingerprint density at radius 3 is 2.09 bits per heavy atom. The number of aliphatic hydroxyl groups is 1. The molecule has 0 heterocycles. The van der Waals surface area contributed by atoms with Gasteiger partial charge in [0.2, 0.25) is 0 Å². The second kappa shape index (κ2) is 3.91. The van der Waals surface area contributed by atoms with Gasteiger partial charge in [0.15, 0.2) is 0 Å². The van der Waals surface area contributed by atoms with Gasteiger partial charge in [0.25, 0.3) is 0 Å². The van der Waals surface area contributed by atoms with Gasteiger partial charge < -0.3 is 5.11 Å². The summed E-state index contributed by atoms with van der Waals surface area (Å²) in [6, 6.07) is 0. The average molecular weight is 154 g/mol. The summed E-state index contributed by atoms with van der Waals surface area (Å²) in [5.41, 5.74) is 0.0660. The van der Waals surface area contributed by atoms with E-state index in [4.69, 9.17) is 0 Å². The molecule has 1 fully saturated rings. The lowest BCUT2D eigenvalue weighted by molar-refractivity contribution is 0.152. The van der Waals surface area contributed by atoms with E-state index >= 15 is 0 Å². The fourth-order valence-corrected chi connectivity index (χ4v) is 1.86. The highest BCUT2D eigenvalue weighted by molar-refractivity contribution is 4.95. The van der Waals surface area contributed by atoms with E-state index in [-0.39, 0.29) is 12.0 Å². The molecular weight excluding hydrogens is 136 g/mol. The largest absolute Gasteiger partial charge is 0.395 e. The lowest BCUT2D eigenvalue weighted by atomic mass is 9.81. The minimum atomic E-state index is 0.0660. The first-order valence-corrected chi connectivity index (χ1v) is 4.57. The van der Waals surface area contributed by atoms with Crippen molar-refractivity contribution in [2.45, 2.75) is 38.5 Å². The summed E-state index contributed by atoms with van der Waals surface area (Å²) in [5.74, 6) is 0. The van der Waals surface area contributed by atoms with Crippen LogP contribution in [0.2, 0.25) is 0 Å². The van der Waals surface area contributed by atoms with Crippen molar-refractivity contribution in [3.05, 3.63) is 12.7 Å². The molecule has 1 heteroatoms. The molecule has 11 heavy (non-hydrogen) atoms. The third-order valence-electron chi connectivity index (χ3n) is 2.85. The number of hydrogen-bond donors (Lipinski definition) is 1. The molecule has 0 aromatic rings. The second-order valence-corrected chi connectivity index (χ2v) is 3.64. The van der Waals surface area contributed by atoms with Crippen molar-refractivity contribution in [1.82, 2.24) is 0 Å². The van der Waals surface area contributed by atoms with E-state index < -0.39 is 0 Å². The van der Waals surface area contributed by atoms with Gasteiger partial charge in [-0.3, -0.25) is 0 Å². The summed E-state index contributed by atoms with van der Waals surface area (Å²) >= 11 is 0. The van der Waals surface area contributed by atoms with Gasteiger partial charge in [0.05, 0.1) is 6.61 Å². The summed E-state index contributed by atoms with van der Waals surface area (Å²) in [7, 11) is 0. The van der Waals surface area contributed by atoms with Crippen molar-refractivity contribution in [3.8, 4) is 0 Å². The smallest absolute Gasteiger partial charge is 0.0521 e. The van der Waals surface area contributed by atoms with E-state index in [1.54, 1.807) is 0 Å². The van der Waals surface area contributed by atoms with Crippen LogP contribution in [-0.4, -0.2) is 11.7 Å². The highest BCUT2D eigenvalue weighted by Gasteiger charge is 2.26. The topological polar surface area (TPSA) is 20.2 Å². The molecule has 0 amide bonds. The Balaban J connectivity index is 2.55. The quantitative estimate of drug-likeness (QED) is 0.478. The van der Waals surface area contributed by atoms with Gasteiger partial charge in [0.1, 0.15) is 0 Å². The van der Waals surface area contributed by atoms with Crippen LogP contribution in [0.1, 0.15) is 38.5 Å². The fraction of sp³-hybridized carbons (Fsp3) is 0.800. The molecular formula is C10H18O. The lowest BCUT2D eigenvalue weighted by Gasteiger charge is -2.25. The second-order valence-electron chi connectivity index (χ2n) is 3.64. The van der Waals surface area contributed by atoms with Crippen LogP contribution in [0.15, 0.2) is 12.7 Å². The molecule has 64 valence electrons. The van der Waals surface area contributed by atoms with Crippen molar-refractivity contribution in [2.75, 3.05) is 6.61 Å². The first-order chi connectivity index (χ1) is 5.33. The van der Waals surface area contributed by atoms with Crippen LogP contribution in [-0.2, 0) is 0 Å². The van der Waals surface area contributed by atoms with Gasteiger partial charge in [-0.2, -0.15) is 0 Å². The summed E-state index contributed by atoms with van der Waals surface area (Å²) in [5, 5.41) is 9.20. The molecule has 0 atom stereocenters. The summed E-state index contributed by atoms with van der Waals surface area (Å²) in [4.78, 5) is 0. The molecule has 1 nitrogen and oxygen atoms in total. The van der Waals surface area contributed by atoms with Gasteiger partial charge in [-0.15, -0.1) is 6.58 Å². The molecule has 0 spiro atoms. The zero-order valence-electron chi connectivity index (χ0n) is 7.18. The van der Waals surface area contributed by atoms with Gasteiger partial charge in [-0.25, -0.2) is 0 Å². The van der Waals surface area contributed by atoms with E-state index in [0.717, 1.165) is 12.8 Å². The van der Waals surface area contributed by atoms with Crippen molar-refractivity contribution in [2.24, 2.45) is 5.41 Å². The first kappa shape index (κ1) is 8.79. The third kappa shape index (κ3) is 2.06. The Hall–Kier alpha value is -0.300. The van der Waals surface area contributed by atoms with Crippen molar-refractivity contribution < 1.29 is 5.11 Å². The molecule has 0 aromatic carbocycles. The standard InChI is InChI=1S/C10H18O/c1-2-10(9-11)7-5-3-4-6-8-10/h2,11H,1,3-9H2.